The fourth-order valence-electron chi connectivity index (χ4n) is 5.83. The van der Waals surface area contributed by atoms with Gasteiger partial charge in [0.1, 0.15) is 0 Å². The number of carboxylic acids is 2. The molecule has 8 bridgehead atoms. The Morgan fingerprint density at radius 3 is 1.51 bits per heavy atom. The first kappa shape index (κ1) is 31.7. The van der Waals surface area contributed by atoms with E-state index in [9.17, 15) is 19.8 Å². The number of fused-ring (bicyclic) bond motifs is 8. The molecule has 0 radical (unpaired) electrons. The van der Waals surface area contributed by atoms with E-state index in [0.717, 1.165) is 76.9 Å². The summed E-state index contributed by atoms with van der Waals surface area (Å²) in [7, 11) is 0. The molecular formula is C34H34FeN4O4. The zero-order chi connectivity index (χ0) is 30.3. The summed E-state index contributed by atoms with van der Waals surface area (Å²) in [5.41, 5.74) is 8.51. The van der Waals surface area contributed by atoms with E-state index in [0.29, 0.717) is 23.9 Å². The predicted molar refractivity (Wildman–Crippen MR) is 162 cm³/mol. The SMILES string of the molecule is CC=c1c(C)c2[n-]c1=Cc1[n-]c(c(CCC(=O)O)c1C)C=c1[n-]c(c(C)c1CCC(=O)O)=Cc1[n-]c(c(=CC)c1C)=C2.[Fe+4]. The Kier molecular flexibility index (Phi) is 9.28. The van der Waals surface area contributed by atoms with Gasteiger partial charge in [-0.05, 0) is 64.8 Å². The Morgan fingerprint density at radius 2 is 1.02 bits per heavy atom. The van der Waals surface area contributed by atoms with E-state index in [1.165, 1.54) is 0 Å². The van der Waals surface area contributed by atoms with Crippen LogP contribution in [0.15, 0.2) is 0 Å². The van der Waals surface area contributed by atoms with Crippen molar-refractivity contribution in [2.45, 2.75) is 67.2 Å². The molecule has 0 fully saturated rings. The first-order chi connectivity index (χ1) is 20.0. The maximum Gasteiger partial charge on any atom is 4.00 e. The van der Waals surface area contributed by atoms with E-state index >= 15 is 0 Å². The van der Waals surface area contributed by atoms with Crippen LogP contribution >= 0.6 is 0 Å². The van der Waals surface area contributed by atoms with Crippen molar-refractivity contribution in [1.82, 2.24) is 19.9 Å². The number of rotatable bonds is 6. The maximum absolute atomic E-state index is 11.5. The smallest absolute Gasteiger partial charge is 0.657 e. The molecule has 43 heavy (non-hydrogen) atoms. The number of carbonyl (C=O) groups is 2. The second kappa shape index (κ2) is 12.6. The molecule has 1 aliphatic heterocycles. The van der Waals surface area contributed by atoms with E-state index in [1.807, 2.05) is 65.0 Å². The molecule has 0 spiro atoms. The van der Waals surface area contributed by atoms with Gasteiger partial charge in [0.2, 0.25) is 0 Å². The third-order valence-corrected chi connectivity index (χ3v) is 8.23. The van der Waals surface area contributed by atoms with Crippen molar-refractivity contribution in [1.29, 1.82) is 0 Å². The summed E-state index contributed by atoms with van der Waals surface area (Å²) in [6.45, 7) is 12.0. The van der Waals surface area contributed by atoms with E-state index in [4.69, 9.17) is 19.9 Å². The quantitative estimate of drug-likeness (QED) is 0.255. The average molecular weight is 619 g/mol. The molecular weight excluding hydrogens is 584 g/mol. The Hall–Kier alpha value is -4.20. The van der Waals surface area contributed by atoms with Crippen LogP contribution < -0.4 is 51.8 Å². The molecule has 0 atom stereocenters. The van der Waals surface area contributed by atoms with Crippen LogP contribution in [0.3, 0.4) is 0 Å². The van der Waals surface area contributed by atoms with Gasteiger partial charge in [0.15, 0.2) is 0 Å². The number of carboxylic acid groups (broad SMARTS) is 2. The van der Waals surface area contributed by atoms with E-state index in [2.05, 4.69) is 13.0 Å². The zero-order valence-corrected chi connectivity index (χ0v) is 26.3. The van der Waals surface area contributed by atoms with Gasteiger partial charge in [-0.25, -0.2) is 0 Å². The van der Waals surface area contributed by atoms with Crippen LogP contribution in [0, 0.1) is 27.7 Å². The molecule has 0 unspecified atom stereocenters. The molecule has 5 heterocycles. The number of hydrogen-bond acceptors (Lipinski definition) is 2. The molecule has 222 valence electrons. The minimum Gasteiger partial charge on any atom is -0.657 e. The predicted octanol–water partition coefficient (Wildman–Crippen LogP) is 0.0104. The fourth-order valence-corrected chi connectivity index (χ4v) is 5.83. The van der Waals surface area contributed by atoms with Crippen LogP contribution in [-0.4, -0.2) is 22.2 Å². The van der Waals surface area contributed by atoms with Crippen LogP contribution in [0.2, 0.25) is 0 Å². The van der Waals surface area contributed by atoms with Crippen molar-refractivity contribution in [3.8, 4) is 0 Å². The molecule has 1 aliphatic rings. The van der Waals surface area contributed by atoms with Crippen LogP contribution in [-0.2, 0) is 39.5 Å². The van der Waals surface area contributed by atoms with Crippen molar-refractivity contribution >= 4 is 48.4 Å². The molecule has 5 rings (SSSR count). The molecule has 0 saturated heterocycles. The summed E-state index contributed by atoms with van der Waals surface area (Å²) >= 11 is 0. The summed E-state index contributed by atoms with van der Waals surface area (Å²) in [5.74, 6) is -1.77. The Labute approximate surface area is 259 Å². The molecule has 4 aromatic heterocycles. The monoisotopic (exact) mass is 618 g/mol. The zero-order valence-electron chi connectivity index (χ0n) is 25.1. The largest absolute Gasteiger partial charge is 4.00 e. The molecule has 0 amide bonds. The van der Waals surface area contributed by atoms with Gasteiger partial charge in [-0.3, -0.25) is 9.59 Å². The maximum atomic E-state index is 11.5. The van der Waals surface area contributed by atoms with Gasteiger partial charge in [0.05, 0.1) is 0 Å². The van der Waals surface area contributed by atoms with Gasteiger partial charge in [-0.2, -0.15) is 0 Å². The molecule has 0 aromatic carbocycles. The van der Waals surface area contributed by atoms with E-state index < -0.39 is 11.9 Å². The third kappa shape index (κ3) is 6.01. The molecule has 9 heteroatoms. The fraction of sp³-hybridized carbons (Fsp3) is 0.294. The van der Waals surface area contributed by atoms with Gasteiger partial charge in [0.25, 0.3) is 0 Å². The number of nitrogens with zero attached hydrogens (tertiary/aromatic N) is 4. The van der Waals surface area contributed by atoms with Crippen LogP contribution in [0.1, 0.15) is 82.8 Å². The normalized spacial score (nSPS) is 13.1. The van der Waals surface area contributed by atoms with Gasteiger partial charge >= 0.3 is 29.0 Å². The van der Waals surface area contributed by atoms with Crippen LogP contribution in [0.5, 0.6) is 0 Å². The van der Waals surface area contributed by atoms with Crippen molar-refractivity contribution < 1.29 is 36.9 Å². The summed E-state index contributed by atoms with van der Waals surface area (Å²) in [5, 5.41) is 23.9. The second-order valence-electron chi connectivity index (χ2n) is 10.8. The molecule has 8 nitrogen and oxygen atoms in total. The third-order valence-electron chi connectivity index (χ3n) is 8.23. The van der Waals surface area contributed by atoms with E-state index in [-0.39, 0.29) is 29.9 Å². The molecule has 2 N–H and O–H groups in total. The van der Waals surface area contributed by atoms with Gasteiger partial charge in [-0.15, -0.1) is 44.2 Å². The topological polar surface area (TPSA) is 131 Å². The molecule has 0 aliphatic carbocycles. The summed E-state index contributed by atoms with van der Waals surface area (Å²) in [6.07, 6.45) is 12.4. The van der Waals surface area contributed by atoms with Crippen LogP contribution in [0.25, 0.3) is 36.5 Å². The Morgan fingerprint density at radius 1 is 0.581 bits per heavy atom. The second-order valence-corrected chi connectivity index (χ2v) is 10.8. The standard InChI is InChI=1S/C34H34N4O4.Fe/c1-7-21-17(3)25-13-26-19(5)23(9-11-33(39)40)31(37-26)16-32-24(10-12-34(41)42)20(6)28(38-32)15-30-22(8-2)18(4)27(36-30)14-29(21)35-25;/h7-8,13-16H,9-12H2,1-6H3,(H,39,40)(H,41,42);/q-4;+4. The Balaban J connectivity index is 0.00000423. The summed E-state index contributed by atoms with van der Waals surface area (Å²) in [4.78, 5) is 42.9. The first-order valence-electron chi connectivity index (χ1n) is 14.1. The number of hydrogen-bond donors (Lipinski definition) is 2. The van der Waals surface area contributed by atoms with Gasteiger partial charge in [-0.1, -0.05) is 69.8 Å². The molecule has 0 saturated carbocycles. The first-order valence-corrected chi connectivity index (χ1v) is 14.1. The number of aromatic nitrogens is 4. The number of aliphatic carboxylic acids is 2. The van der Waals surface area contributed by atoms with Gasteiger partial charge < -0.3 is 30.1 Å². The van der Waals surface area contributed by atoms with Crippen LogP contribution in [0.4, 0.5) is 0 Å². The minimum atomic E-state index is -0.886. The van der Waals surface area contributed by atoms with Gasteiger partial charge in [0, 0.05) is 12.8 Å². The molecule has 4 aromatic rings. The average Bonchev–Trinajstić information content (AvgIpc) is 3.59. The summed E-state index contributed by atoms with van der Waals surface area (Å²) < 4.78 is 0. The van der Waals surface area contributed by atoms with Crippen molar-refractivity contribution in [3.05, 3.63) is 88.0 Å². The minimum absolute atomic E-state index is 0. The van der Waals surface area contributed by atoms with E-state index in [1.54, 1.807) is 0 Å². The Bertz CT molecular complexity index is 2120. The van der Waals surface area contributed by atoms with Crippen molar-refractivity contribution in [2.24, 2.45) is 0 Å². The summed E-state index contributed by atoms with van der Waals surface area (Å²) in [6, 6.07) is 0. The van der Waals surface area contributed by atoms with Crippen molar-refractivity contribution in [2.75, 3.05) is 0 Å². The van der Waals surface area contributed by atoms with Crippen molar-refractivity contribution in [3.63, 3.8) is 0 Å².